The fourth-order valence-electron chi connectivity index (χ4n) is 4.87. The number of ether oxygens (including phenoxy) is 2. The van der Waals surface area contributed by atoms with Crippen LogP contribution in [0.5, 0.6) is 0 Å². The Balaban J connectivity index is 4.09. The number of unbranched alkanes of at least 4 members (excludes halogenated alkanes) is 12. The minimum Gasteiger partial charge on any atom is -0.462 e. The van der Waals surface area contributed by atoms with Gasteiger partial charge in [0.05, 0.1) is 6.61 Å². The summed E-state index contributed by atoms with van der Waals surface area (Å²) >= 11 is 0. The fourth-order valence-corrected chi connectivity index (χ4v) is 5.23. The molecule has 1 atom stereocenters. The minimum atomic E-state index is -4.77. The standard InChI is InChI=1S/C41H69O8P/c1-3-5-7-9-11-13-15-17-19-20-22-23-25-27-29-31-33-35-40(42)47-37-39(38-48-50(44,45)46)49-41(43)36-34-32-30-28-26-24-21-18-16-14-12-10-8-6-4-2/h6,8,12,14,17-19,21-23,27,29,39H,3-5,7,9-11,13,15-16,20,24-26,28,30-38H2,1-2H3,(H2,44,45,46)/b8-6-,14-12-,19-17-,21-18-,23-22-,29-27-/t39-/m1/s1. The van der Waals surface area contributed by atoms with Crippen LogP contribution in [0.2, 0.25) is 0 Å². The van der Waals surface area contributed by atoms with Crippen molar-refractivity contribution < 1.29 is 37.9 Å². The van der Waals surface area contributed by atoms with Gasteiger partial charge in [-0.3, -0.25) is 14.1 Å². The quantitative estimate of drug-likeness (QED) is 0.0292. The van der Waals surface area contributed by atoms with Crippen LogP contribution in [0, 0.1) is 0 Å². The summed E-state index contributed by atoms with van der Waals surface area (Å²) in [4.78, 5) is 42.7. The summed E-state index contributed by atoms with van der Waals surface area (Å²) in [6, 6.07) is 0. The Morgan fingerprint density at radius 3 is 1.50 bits per heavy atom. The molecule has 0 aliphatic heterocycles. The molecule has 0 unspecified atom stereocenters. The van der Waals surface area contributed by atoms with Crippen LogP contribution in [-0.4, -0.2) is 41.0 Å². The molecule has 286 valence electrons. The van der Waals surface area contributed by atoms with Crippen LogP contribution in [0.25, 0.3) is 0 Å². The molecule has 8 nitrogen and oxygen atoms in total. The van der Waals surface area contributed by atoms with Crippen LogP contribution in [-0.2, 0) is 28.2 Å². The van der Waals surface area contributed by atoms with Crippen LogP contribution < -0.4 is 0 Å². The zero-order valence-corrected chi connectivity index (χ0v) is 32.2. The molecule has 0 rings (SSSR count). The Morgan fingerprint density at radius 2 is 0.980 bits per heavy atom. The third-order valence-corrected chi connectivity index (χ3v) is 8.19. The Kier molecular flexibility index (Phi) is 34.5. The number of phosphoric ester groups is 1. The van der Waals surface area contributed by atoms with Gasteiger partial charge >= 0.3 is 19.8 Å². The lowest BCUT2D eigenvalue weighted by molar-refractivity contribution is -0.161. The molecule has 0 aromatic rings. The third kappa shape index (κ3) is 38.3. The summed E-state index contributed by atoms with van der Waals surface area (Å²) in [5.74, 6) is -0.973. The van der Waals surface area contributed by atoms with E-state index in [4.69, 9.17) is 19.3 Å². The second kappa shape index (κ2) is 36.3. The van der Waals surface area contributed by atoms with E-state index in [1.165, 1.54) is 38.5 Å². The van der Waals surface area contributed by atoms with Crippen molar-refractivity contribution in [1.29, 1.82) is 0 Å². The molecule has 0 radical (unpaired) electrons. The lowest BCUT2D eigenvalue weighted by Crippen LogP contribution is -2.29. The Morgan fingerprint density at radius 1 is 0.540 bits per heavy atom. The lowest BCUT2D eigenvalue weighted by atomic mass is 10.1. The summed E-state index contributed by atoms with van der Waals surface area (Å²) < 4.78 is 26.3. The van der Waals surface area contributed by atoms with Crippen molar-refractivity contribution in [3.05, 3.63) is 72.9 Å². The summed E-state index contributed by atoms with van der Waals surface area (Å²) in [5, 5.41) is 0. The van der Waals surface area contributed by atoms with Crippen LogP contribution in [0.4, 0.5) is 0 Å². The molecule has 0 aromatic carbocycles. The SMILES string of the molecule is CC/C=C\C/C=C\C/C=C\CCCCCCCC(=O)O[C@H](COC(=O)CCC/C=C\C/C=C\C/C=C\CCCCCCCC)COP(=O)(O)O. The van der Waals surface area contributed by atoms with Crippen molar-refractivity contribution in [2.45, 2.75) is 161 Å². The van der Waals surface area contributed by atoms with Gasteiger partial charge in [0.15, 0.2) is 6.10 Å². The normalized spacial score (nSPS) is 13.3. The predicted molar refractivity (Wildman–Crippen MR) is 207 cm³/mol. The molecule has 0 aromatic heterocycles. The first-order valence-electron chi connectivity index (χ1n) is 19.2. The number of rotatable bonds is 34. The second-order valence-corrected chi connectivity index (χ2v) is 13.8. The number of esters is 2. The molecule has 0 spiro atoms. The van der Waals surface area contributed by atoms with E-state index in [-0.39, 0.29) is 19.4 Å². The fraction of sp³-hybridized carbons (Fsp3) is 0.659. The smallest absolute Gasteiger partial charge is 0.462 e. The highest BCUT2D eigenvalue weighted by molar-refractivity contribution is 7.46. The molecule has 0 aliphatic rings. The number of allylic oxidation sites excluding steroid dienone is 12. The van der Waals surface area contributed by atoms with Gasteiger partial charge < -0.3 is 19.3 Å². The molecule has 2 N–H and O–H groups in total. The number of phosphoric acid groups is 1. The molecular weight excluding hydrogens is 651 g/mol. The van der Waals surface area contributed by atoms with Gasteiger partial charge in [0, 0.05) is 12.8 Å². The van der Waals surface area contributed by atoms with Gasteiger partial charge in [0.1, 0.15) is 6.61 Å². The number of carbonyl (C=O) groups excluding carboxylic acids is 2. The number of hydrogen-bond donors (Lipinski definition) is 2. The van der Waals surface area contributed by atoms with Crippen molar-refractivity contribution in [2.75, 3.05) is 13.2 Å². The first-order chi connectivity index (χ1) is 24.3. The van der Waals surface area contributed by atoms with Crippen molar-refractivity contribution >= 4 is 19.8 Å². The largest absolute Gasteiger partial charge is 0.469 e. The maximum absolute atomic E-state index is 12.4. The maximum Gasteiger partial charge on any atom is 0.469 e. The maximum atomic E-state index is 12.4. The molecule has 0 amide bonds. The highest BCUT2D eigenvalue weighted by Gasteiger charge is 2.22. The molecular formula is C41H69O8P. The van der Waals surface area contributed by atoms with Crippen molar-refractivity contribution in [3.63, 3.8) is 0 Å². The monoisotopic (exact) mass is 720 g/mol. The van der Waals surface area contributed by atoms with E-state index in [2.05, 4.69) is 85.2 Å². The van der Waals surface area contributed by atoms with E-state index < -0.39 is 32.5 Å². The molecule has 0 saturated carbocycles. The van der Waals surface area contributed by atoms with E-state index in [0.29, 0.717) is 12.8 Å². The molecule has 0 bridgehead atoms. The molecule has 0 saturated heterocycles. The highest BCUT2D eigenvalue weighted by Crippen LogP contribution is 2.36. The zero-order valence-electron chi connectivity index (χ0n) is 31.3. The Labute approximate surface area is 304 Å². The highest BCUT2D eigenvalue weighted by atomic mass is 31.2. The molecule has 9 heteroatoms. The van der Waals surface area contributed by atoms with Crippen LogP contribution in [0.1, 0.15) is 155 Å². The van der Waals surface area contributed by atoms with E-state index in [1.54, 1.807) is 0 Å². The summed E-state index contributed by atoms with van der Waals surface area (Å²) in [7, 11) is -4.77. The van der Waals surface area contributed by atoms with E-state index in [0.717, 1.165) is 77.0 Å². The first-order valence-corrected chi connectivity index (χ1v) is 20.8. The summed E-state index contributed by atoms with van der Waals surface area (Å²) in [6.45, 7) is 3.49. The molecule has 0 fully saturated rings. The van der Waals surface area contributed by atoms with Gasteiger partial charge in [-0.1, -0.05) is 138 Å². The van der Waals surface area contributed by atoms with Crippen LogP contribution in [0.3, 0.4) is 0 Å². The van der Waals surface area contributed by atoms with Gasteiger partial charge in [-0.15, -0.1) is 0 Å². The number of carbonyl (C=O) groups is 2. The molecule has 0 aliphatic carbocycles. The third-order valence-electron chi connectivity index (χ3n) is 7.71. The van der Waals surface area contributed by atoms with Gasteiger partial charge in [0.2, 0.25) is 0 Å². The molecule has 50 heavy (non-hydrogen) atoms. The topological polar surface area (TPSA) is 119 Å². The molecule has 0 heterocycles. The van der Waals surface area contributed by atoms with Gasteiger partial charge in [-0.25, -0.2) is 4.57 Å². The average molecular weight is 721 g/mol. The van der Waals surface area contributed by atoms with Crippen molar-refractivity contribution in [3.8, 4) is 0 Å². The van der Waals surface area contributed by atoms with Gasteiger partial charge in [-0.05, 0) is 77.0 Å². The second-order valence-electron chi connectivity index (χ2n) is 12.5. The van der Waals surface area contributed by atoms with E-state index in [9.17, 15) is 14.2 Å². The van der Waals surface area contributed by atoms with E-state index >= 15 is 0 Å². The lowest BCUT2D eigenvalue weighted by Gasteiger charge is -2.18. The number of hydrogen-bond acceptors (Lipinski definition) is 6. The predicted octanol–water partition coefficient (Wildman–Crippen LogP) is 11.5. The average Bonchev–Trinajstić information content (AvgIpc) is 3.08. The summed E-state index contributed by atoms with van der Waals surface area (Å²) in [5.41, 5.74) is 0. The van der Waals surface area contributed by atoms with Crippen LogP contribution in [0.15, 0.2) is 72.9 Å². The van der Waals surface area contributed by atoms with Gasteiger partial charge in [0.25, 0.3) is 0 Å². The van der Waals surface area contributed by atoms with Gasteiger partial charge in [-0.2, -0.15) is 0 Å². The Hall–Kier alpha value is -2.51. The Bertz CT molecular complexity index is 1040. The van der Waals surface area contributed by atoms with Crippen molar-refractivity contribution in [2.24, 2.45) is 0 Å². The zero-order chi connectivity index (χ0) is 36.8. The van der Waals surface area contributed by atoms with Crippen molar-refractivity contribution in [1.82, 2.24) is 0 Å². The van der Waals surface area contributed by atoms with Crippen LogP contribution >= 0.6 is 7.82 Å². The summed E-state index contributed by atoms with van der Waals surface area (Å²) in [6.07, 6.45) is 46.3. The minimum absolute atomic E-state index is 0.178. The van der Waals surface area contributed by atoms with E-state index in [1.807, 2.05) is 6.08 Å². The first kappa shape index (κ1) is 47.5.